The van der Waals surface area contributed by atoms with Gasteiger partial charge in [-0.1, -0.05) is 6.07 Å². The number of aliphatic hydroxyl groups is 1. The van der Waals surface area contributed by atoms with E-state index in [1.165, 1.54) is 12.1 Å². The van der Waals surface area contributed by atoms with Crippen molar-refractivity contribution in [3.63, 3.8) is 0 Å². The molecule has 2 saturated heterocycles. The number of hydrogen-bond donors (Lipinski definition) is 2. The van der Waals surface area contributed by atoms with Crippen molar-refractivity contribution in [2.45, 2.75) is 11.8 Å². The summed E-state index contributed by atoms with van der Waals surface area (Å²) >= 11 is 0. The summed E-state index contributed by atoms with van der Waals surface area (Å²) < 4.78 is 44.0. The largest absolute Gasteiger partial charge is 0.416 e. The Morgan fingerprint density at radius 3 is 2.52 bits per heavy atom. The lowest BCUT2D eigenvalue weighted by Crippen LogP contribution is -2.56. The maximum absolute atomic E-state index is 12.9. The van der Waals surface area contributed by atoms with Gasteiger partial charge in [-0.15, -0.1) is 24.8 Å². The van der Waals surface area contributed by atoms with E-state index < -0.39 is 17.3 Å². The molecule has 2 N–H and O–H groups in total. The topological polar surface area (TPSA) is 48.0 Å². The summed E-state index contributed by atoms with van der Waals surface area (Å²) in [6.45, 7) is 5.25. The van der Waals surface area contributed by atoms with E-state index in [4.69, 9.17) is 4.74 Å². The molecule has 0 bridgehead atoms. The second-order valence-electron chi connectivity index (χ2n) is 6.76. The van der Waals surface area contributed by atoms with Gasteiger partial charge in [0.1, 0.15) is 5.60 Å². The molecular weight excluding hydrogens is 406 g/mol. The third-order valence-corrected chi connectivity index (χ3v) is 4.68. The van der Waals surface area contributed by atoms with Crippen LogP contribution in [0.5, 0.6) is 0 Å². The van der Waals surface area contributed by atoms with Gasteiger partial charge in [0.2, 0.25) is 0 Å². The Labute approximate surface area is 169 Å². The third kappa shape index (κ3) is 6.66. The molecule has 27 heavy (non-hydrogen) atoms. The number of anilines is 1. The first kappa shape index (κ1) is 24.3. The first-order chi connectivity index (χ1) is 11.9. The average Bonchev–Trinajstić information content (AvgIpc) is 2.79. The number of nitrogens with one attached hydrogen (secondary N) is 1. The van der Waals surface area contributed by atoms with Crippen molar-refractivity contribution in [1.82, 2.24) is 10.2 Å². The summed E-state index contributed by atoms with van der Waals surface area (Å²) in [6, 6.07) is 5.45. The molecule has 1 aromatic carbocycles. The molecule has 5 nitrogen and oxygen atoms in total. The van der Waals surface area contributed by atoms with Gasteiger partial charge in [-0.25, -0.2) is 0 Å². The van der Waals surface area contributed by atoms with Gasteiger partial charge in [0.25, 0.3) is 0 Å². The van der Waals surface area contributed by atoms with Crippen LogP contribution in [0.1, 0.15) is 5.56 Å². The summed E-state index contributed by atoms with van der Waals surface area (Å²) in [7, 11) is 0. The van der Waals surface area contributed by atoms with Gasteiger partial charge in [0, 0.05) is 51.5 Å². The molecule has 2 aliphatic heterocycles. The normalized spacial score (nSPS) is 24.5. The molecule has 1 atom stereocenters. The van der Waals surface area contributed by atoms with Gasteiger partial charge in [0.15, 0.2) is 0 Å². The zero-order valence-corrected chi connectivity index (χ0v) is 16.5. The van der Waals surface area contributed by atoms with Crippen LogP contribution in [0, 0.1) is 0 Å². The molecule has 0 aliphatic carbocycles. The number of ether oxygens (including phenoxy) is 1. The molecular formula is C17H26Cl2F3N3O2. The molecule has 2 heterocycles. The van der Waals surface area contributed by atoms with Crippen molar-refractivity contribution in [3.8, 4) is 0 Å². The number of alkyl halides is 3. The van der Waals surface area contributed by atoms with Crippen LogP contribution in [0.25, 0.3) is 0 Å². The fourth-order valence-electron chi connectivity index (χ4n) is 3.34. The van der Waals surface area contributed by atoms with Crippen LogP contribution >= 0.6 is 24.8 Å². The lowest BCUT2D eigenvalue weighted by Gasteiger charge is -2.40. The van der Waals surface area contributed by atoms with E-state index in [0.717, 1.165) is 12.6 Å². The van der Waals surface area contributed by atoms with Crippen LogP contribution in [0.4, 0.5) is 18.9 Å². The first-order valence-electron chi connectivity index (χ1n) is 8.51. The smallest absolute Gasteiger partial charge is 0.385 e. The van der Waals surface area contributed by atoms with Crippen LogP contribution in [-0.2, 0) is 10.9 Å². The van der Waals surface area contributed by atoms with Gasteiger partial charge in [0.05, 0.1) is 18.8 Å². The van der Waals surface area contributed by atoms with E-state index in [1.54, 1.807) is 6.07 Å². The van der Waals surface area contributed by atoms with Gasteiger partial charge in [-0.3, -0.25) is 4.90 Å². The maximum Gasteiger partial charge on any atom is 0.416 e. The van der Waals surface area contributed by atoms with Crippen LogP contribution in [-0.4, -0.2) is 74.6 Å². The fourth-order valence-corrected chi connectivity index (χ4v) is 3.34. The molecule has 2 fully saturated rings. The number of piperazine rings is 1. The minimum Gasteiger partial charge on any atom is -0.385 e. The van der Waals surface area contributed by atoms with Crippen molar-refractivity contribution in [3.05, 3.63) is 29.8 Å². The highest BCUT2D eigenvalue weighted by Crippen LogP contribution is 2.31. The second kappa shape index (κ2) is 10.1. The predicted octanol–water partition coefficient (Wildman–Crippen LogP) is 2.02. The van der Waals surface area contributed by atoms with Crippen molar-refractivity contribution in [1.29, 1.82) is 0 Å². The minimum atomic E-state index is -4.33. The Balaban J connectivity index is 0.00000182. The predicted molar refractivity (Wildman–Crippen MR) is 103 cm³/mol. The van der Waals surface area contributed by atoms with Gasteiger partial charge < -0.3 is 20.1 Å². The van der Waals surface area contributed by atoms with Crippen LogP contribution < -0.4 is 10.2 Å². The Morgan fingerprint density at radius 2 is 1.85 bits per heavy atom. The van der Waals surface area contributed by atoms with Crippen molar-refractivity contribution >= 4 is 30.5 Å². The number of benzene rings is 1. The van der Waals surface area contributed by atoms with E-state index in [-0.39, 0.29) is 24.8 Å². The standard InChI is InChI=1S/C17H24F3N3O2.2ClH/c18-17(19,20)14-2-1-3-15(10-14)23-7-5-22(6-8-23)12-16(24)11-21-4-9-25-13-16;;/h1-3,10,21,24H,4-9,11-13H2;2*1H. The molecule has 10 heteroatoms. The van der Waals surface area contributed by atoms with E-state index >= 15 is 0 Å². The highest BCUT2D eigenvalue weighted by Gasteiger charge is 2.33. The van der Waals surface area contributed by atoms with Crippen molar-refractivity contribution in [2.24, 2.45) is 0 Å². The minimum absolute atomic E-state index is 0. The molecule has 0 radical (unpaired) electrons. The maximum atomic E-state index is 12.9. The zero-order chi connectivity index (χ0) is 17.9. The van der Waals surface area contributed by atoms with E-state index in [2.05, 4.69) is 10.2 Å². The molecule has 1 aromatic rings. The van der Waals surface area contributed by atoms with E-state index in [1.807, 2.05) is 4.90 Å². The lowest BCUT2D eigenvalue weighted by atomic mass is 10.0. The molecule has 1 unspecified atom stereocenters. The second-order valence-corrected chi connectivity index (χ2v) is 6.76. The molecule has 0 saturated carbocycles. The zero-order valence-electron chi connectivity index (χ0n) is 14.9. The van der Waals surface area contributed by atoms with Crippen LogP contribution in [0.15, 0.2) is 24.3 Å². The highest BCUT2D eigenvalue weighted by atomic mass is 35.5. The summed E-state index contributed by atoms with van der Waals surface area (Å²) in [6.07, 6.45) is -4.33. The average molecular weight is 432 g/mol. The summed E-state index contributed by atoms with van der Waals surface area (Å²) in [5.41, 5.74) is -0.953. The van der Waals surface area contributed by atoms with E-state index in [0.29, 0.717) is 58.2 Å². The highest BCUT2D eigenvalue weighted by molar-refractivity contribution is 5.85. The number of halogens is 5. The van der Waals surface area contributed by atoms with Gasteiger partial charge >= 0.3 is 6.18 Å². The quantitative estimate of drug-likeness (QED) is 0.766. The van der Waals surface area contributed by atoms with Crippen LogP contribution in [0.3, 0.4) is 0 Å². The summed E-state index contributed by atoms with van der Waals surface area (Å²) in [5, 5.41) is 13.8. The fraction of sp³-hybridized carbons (Fsp3) is 0.647. The Kier molecular flexibility index (Phi) is 9.11. The van der Waals surface area contributed by atoms with Crippen molar-refractivity contribution in [2.75, 3.05) is 63.9 Å². The number of nitrogens with zero attached hydrogens (tertiary/aromatic N) is 2. The number of β-amino-alcohol motifs (C(OH)–C–C–N with tert-alkyl or cyclic N) is 1. The molecule has 0 spiro atoms. The third-order valence-electron chi connectivity index (χ3n) is 4.68. The first-order valence-corrected chi connectivity index (χ1v) is 8.51. The van der Waals surface area contributed by atoms with Gasteiger partial charge in [-0.05, 0) is 18.2 Å². The van der Waals surface area contributed by atoms with Crippen molar-refractivity contribution < 1.29 is 23.0 Å². The summed E-state index contributed by atoms with van der Waals surface area (Å²) in [4.78, 5) is 4.10. The Hall–Kier alpha value is -0.770. The molecule has 2 aliphatic rings. The molecule has 0 amide bonds. The number of rotatable bonds is 3. The summed E-state index contributed by atoms with van der Waals surface area (Å²) in [5.74, 6) is 0. The van der Waals surface area contributed by atoms with Gasteiger partial charge in [-0.2, -0.15) is 13.2 Å². The number of hydrogen-bond acceptors (Lipinski definition) is 5. The lowest BCUT2D eigenvalue weighted by molar-refractivity contribution is -0.137. The van der Waals surface area contributed by atoms with Crippen LogP contribution in [0.2, 0.25) is 0 Å². The Morgan fingerprint density at radius 1 is 1.15 bits per heavy atom. The molecule has 3 rings (SSSR count). The Bertz CT molecular complexity index is 577. The SMILES string of the molecule is Cl.Cl.OC1(CN2CCN(c3cccc(C(F)(F)F)c3)CC2)CNCCOC1. The molecule has 156 valence electrons. The molecule has 0 aromatic heterocycles. The monoisotopic (exact) mass is 431 g/mol. The van der Waals surface area contributed by atoms with E-state index in [9.17, 15) is 18.3 Å².